The number of hydrogen-bond donors (Lipinski definition) is 1. The molecule has 3 rings (SSSR count). The van der Waals surface area contributed by atoms with Crippen molar-refractivity contribution in [1.82, 2.24) is 4.90 Å². The van der Waals surface area contributed by atoms with Crippen LogP contribution in [0.1, 0.15) is 48.0 Å². The summed E-state index contributed by atoms with van der Waals surface area (Å²) in [6.07, 6.45) is 5.66. The number of rotatable bonds is 4. The van der Waals surface area contributed by atoms with Crippen LogP contribution in [0.5, 0.6) is 0 Å². The standard InChI is InChI=1S/C18H23NO4/c1-23-18(22)16-10-14-4-2-3-5-15(14)19(16)11-12-6-8-13(9-7-12)17(20)21/h6-9,14-16H,2-5,10-11H2,1H3,(H,20,21). The number of methoxy groups -OCH3 is 1. The molecule has 1 saturated heterocycles. The molecule has 124 valence electrons. The number of benzene rings is 1. The number of ether oxygens (including phenoxy) is 1. The summed E-state index contributed by atoms with van der Waals surface area (Å²) in [5, 5.41) is 8.99. The lowest BCUT2D eigenvalue weighted by Gasteiger charge is -2.33. The molecule has 1 aliphatic carbocycles. The molecule has 1 N–H and O–H groups in total. The van der Waals surface area contributed by atoms with Gasteiger partial charge in [0, 0.05) is 12.6 Å². The van der Waals surface area contributed by atoms with E-state index in [1.165, 1.54) is 26.4 Å². The Morgan fingerprint density at radius 2 is 1.91 bits per heavy atom. The lowest BCUT2D eigenvalue weighted by Crippen LogP contribution is -2.42. The van der Waals surface area contributed by atoms with Crippen molar-refractivity contribution < 1.29 is 19.4 Å². The Morgan fingerprint density at radius 1 is 1.22 bits per heavy atom. The highest BCUT2D eigenvalue weighted by Crippen LogP contribution is 2.40. The van der Waals surface area contributed by atoms with E-state index in [-0.39, 0.29) is 17.6 Å². The Hall–Kier alpha value is -1.88. The van der Waals surface area contributed by atoms with Gasteiger partial charge in [0.1, 0.15) is 6.04 Å². The topological polar surface area (TPSA) is 66.8 Å². The van der Waals surface area contributed by atoms with Gasteiger partial charge in [0.15, 0.2) is 0 Å². The molecule has 3 atom stereocenters. The van der Waals surface area contributed by atoms with E-state index in [0.29, 0.717) is 18.5 Å². The normalized spacial score (nSPS) is 27.4. The van der Waals surface area contributed by atoms with Crippen molar-refractivity contribution >= 4 is 11.9 Å². The van der Waals surface area contributed by atoms with Gasteiger partial charge in [0.2, 0.25) is 0 Å². The van der Waals surface area contributed by atoms with E-state index in [4.69, 9.17) is 9.84 Å². The highest BCUT2D eigenvalue weighted by atomic mass is 16.5. The zero-order chi connectivity index (χ0) is 16.4. The van der Waals surface area contributed by atoms with Crippen LogP contribution in [0.4, 0.5) is 0 Å². The second-order valence-electron chi connectivity index (χ2n) is 6.56. The highest BCUT2D eigenvalue weighted by Gasteiger charge is 2.45. The maximum absolute atomic E-state index is 12.2. The van der Waals surface area contributed by atoms with Crippen molar-refractivity contribution in [2.45, 2.75) is 50.7 Å². The molecule has 5 nitrogen and oxygen atoms in total. The minimum absolute atomic E-state index is 0.151. The maximum atomic E-state index is 12.2. The fourth-order valence-corrected chi connectivity index (χ4v) is 4.11. The molecular weight excluding hydrogens is 294 g/mol. The molecule has 23 heavy (non-hydrogen) atoms. The number of carbonyl (C=O) groups excluding carboxylic acids is 1. The van der Waals surface area contributed by atoms with Crippen molar-refractivity contribution in [2.75, 3.05) is 7.11 Å². The predicted molar refractivity (Wildman–Crippen MR) is 85.1 cm³/mol. The molecule has 1 aromatic carbocycles. The molecule has 0 spiro atoms. The first-order valence-corrected chi connectivity index (χ1v) is 8.26. The number of likely N-dealkylation sites (tertiary alicyclic amines) is 1. The summed E-state index contributed by atoms with van der Waals surface area (Å²) in [5.41, 5.74) is 1.32. The second-order valence-corrected chi connectivity index (χ2v) is 6.56. The molecule has 3 unspecified atom stereocenters. The molecule has 5 heteroatoms. The van der Waals surface area contributed by atoms with Gasteiger partial charge in [-0.1, -0.05) is 25.0 Å². The lowest BCUT2D eigenvalue weighted by atomic mass is 9.84. The predicted octanol–water partition coefficient (Wildman–Crippen LogP) is 2.69. The number of aromatic carboxylic acids is 1. The second kappa shape index (κ2) is 6.71. The molecule has 0 bridgehead atoms. The van der Waals surface area contributed by atoms with E-state index in [0.717, 1.165) is 18.4 Å². The minimum Gasteiger partial charge on any atom is -0.478 e. The Labute approximate surface area is 136 Å². The van der Waals surface area contributed by atoms with E-state index in [2.05, 4.69) is 4.90 Å². The van der Waals surface area contributed by atoms with Crippen LogP contribution in [0.15, 0.2) is 24.3 Å². The zero-order valence-electron chi connectivity index (χ0n) is 13.4. The van der Waals surface area contributed by atoms with E-state index >= 15 is 0 Å². The fourth-order valence-electron chi connectivity index (χ4n) is 4.11. The number of carbonyl (C=O) groups is 2. The number of esters is 1. The maximum Gasteiger partial charge on any atom is 0.335 e. The Bertz CT molecular complexity index is 583. The summed E-state index contributed by atoms with van der Waals surface area (Å²) >= 11 is 0. The van der Waals surface area contributed by atoms with Gasteiger partial charge in [-0.05, 0) is 42.9 Å². The molecule has 0 radical (unpaired) electrons. The molecule has 1 aliphatic heterocycles. The lowest BCUT2D eigenvalue weighted by molar-refractivity contribution is -0.146. The van der Waals surface area contributed by atoms with Gasteiger partial charge in [-0.2, -0.15) is 0 Å². The molecule has 0 amide bonds. The van der Waals surface area contributed by atoms with E-state index < -0.39 is 5.97 Å². The number of hydrogen-bond acceptors (Lipinski definition) is 4. The molecule has 1 heterocycles. The van der Waals surface area contributed by atoms with E-state index in [9.17, 15) is 9.59 Å². The van der Waals surface area contributed by atoms with Crippen molar-refractivity contribution in [1.29, 1.82) is 0 Å². The molecule has 1 saturated carbocycles. The van der Waals surface area contributed by atoms with Gasteiger partial charge in [-0.25, -0.2) is 4.79 Å². The van der Waals surface area contributed by atoms with Gasteiger partial charge in [-0.15, -0.1) is 0 Å². The van der Waals surface area contributed by atoms with Gasteiger partial charge in [0.25, 0.3) is 0 Å². The summed E-state index contributed by atoms with van der Waals surface area (Å²) in [6, 6.07) is 7.19. The first-order chi connectivity index (χ1) is 11.1. The van der Waals surface area contributed by atoms with E-state index in [1.54, 1.807) is 12.1 Å². The summed E-state index contributed by atoms with van der Waals surface area (Å²) < 4.78 is 5.00. The van der Waals surface area contributed by atoms with Crippen LogP contribution in [0.3, 0.4) is 0 Å². The first-order valence-electron chi connectivity index (χ1n) is 8.26. The van der Waals surface area contributed by atoms with Crippen LogP contribution in [-0.4, -0.2) is 41.1 Å². The average Bonchev–Trinajstić information content (AvgIpc) is 2.93. The van der Waals surface area contributed by atoms with Crippen LogP contribution in [0, 0.1) is 5.92 Å². The van der Waals surface area contributed by atoms with Crippen molar-refractivity contribution in [3.05, 3.63) is 35.4 Å². The van der Waals surface area contributed by atoms with E-state index in [1.807, 2.05) is 12.1 Å². The number of carboxylic acid groups (broad SMARTS) is 1. The number of nitrogens with zero attached hydrogens (tertiary/aromatic N) is 1. The Morgan fingerprint density at radius 3 is 2.57 bits per heavy atom. The Balaban J connectivity index is 1.79. The van der Waals surface area contributed by atoms with Gasteiger partial charge < -0.3 is 9.84 Å². The third kappa shape index (κ3) is 3.24. The van der Waals surface area contributed by atoms with Crippen LogP contribution >= 0.6 is 0 Å². The summed E-state index contributed by atoms with van der Waals surface area (Å²) in [4.78, 5) is 25.4. The highest BCUT2D eigenvalue weighted by molar-refractivity contribution is 5.87. The number of fused-ring (bicyclic) bond motifs is 1. The molecule has 1 aromatic rings. The molecule has 0 aromatic heterocycles. The zero-order valence-corrected chi connectivity index (χ0v) is 13.4. The van der Waals surface area contributed by atoms with Gasteiger partial charge >= 0.3 is 11.9 Å². The average molecular weight is 317 g/mol. The van der Waals surface area contributed by atoms with Gasteiger partial charge in [0.05, 0.1) is 12.7 Å². The largest absolute Gasteiger partial charge is 0.478 e. The van der Waals surface area contributed by atoms with Crippen molar-refractivity contribution in [2.24, 2.45) is 5.92 Å². The summed E-state index contributed by atoms with van der Waals surface area (Å²) in [7, 11) is 1.45. The van der Waals surface area contributed by atoms with Crippen LogP contribution in [0.2, 0.25) is 0 Å². The smallest absolute Gasteiger partial charge is 0.335 e. The fraction of sp³-hybridized carbons (Fsp3) is 0.556. The van der Waals surface area contributed by atoms with Gasteiger partial charge in [-0.3, -0.25) is 9.69 Å². The molecule has 2 fully saturated rings. The third-order valence-corrected chi connectivity index (χ3v) is 5.26. The summed E-state index contributed by atoms with van der Waals surface area (Å²) in [6.45, 7) is 0.667. The minimum atomic E-state index is -0.919. The Kier molecular flexibility index (Phi) is 4.66. The molecular formula is C18H23NO4. The first kappa shape index (κ1) is 16.0. The van der Waals surface area contributed by atoms with Crippen molar-refractivity contribution in [3.8, 4) is 0 Å². The summed E-state index contributed by atoms with van der Waals surface area (Å²) in [5.74, 6) is -0.495. The molecule has 2 aliphatic rings. The van der Waals surface area contributed by atoms with Crippen LogP contribution < -0.4 is 0 Å². The monoisotopic (exact) mass is 317 g/mol. The number of carboxylic acids is 1. The van der Waals surface area contributed by atoms with Crippen LogP contribution in [0.25, 0.3) is 0 Å². The van der Waals surface area contributed by atoms with Crippen LogP contribution in [-0.2, 0) is 16.1 Å². The third-order valence-electron chi connectivity index (χ3n) is 5.26. The van der Waals surface area contributed by atoms with Crippen molar-refractivity contribution in [3.63, 3.8) is 0 Å². The quantitative estimate of drug-likeness (QED) is 0.865. The SMILES string of the molecule is COC(=O)C1CC2CCCCC2N1Cc1ccc(C(=O)O)cc1.